The Morgan fingerprint density at radius 1 is 1.43 bits per heavy atom. The van der Waals surface area contributed by atoms with Crippen LogP contribution in [0.5, 0.6) is 0 Å². The molecule has 3 heteroatoms. The molecule has 1 fully saturated rings. The average Bonchev–Trinajstić information content (AvgIpc) is 2.56. The monoisotopic (exact) mass is 197 g/mol. The van der Waals surface area contributed by atoms with Crippen LogP contribution in [0.15, 0.2) is 4.99 Å². The number of ether oxygens (including phenoxy) is 1. The standard InChI is InChI=1S/C11H19NO2/c1-3-14-11(13)8-9(2)12-10-6-4-5-7-10/h10H,3-8H2,1-2H3. The molecule has 0 aromatic heterocycles. The van der Waals surface area contributed by atoms with Gasteiger partial charge in [-0.05, 0) is 26.7 Å². The molecule has 0 atom stereocenters. The highest BCUT2D eigenvalue weighted by molar-refractivity contribution is 5.97. The largest absolute Gasteiger partial charge is 0.466 e. The van der Waals surface area contributed by atoms with E-state index in [1.54, 1.807) is 0 Å². The molecule has 0 saturated heterocycles. The summed E-state index contributed by atoms with van der Waals surface area (Å²) >= 11 is 0. The third kappa shape index (κ3) is 3.90. The topological polar surface area (TPSA) is 38.7 Å². The van der Waals surface area contributed by atoms with Gasteiger partial charge in [-0.15, -0.1) is 0 Å². The van der Waals surface area contributed by atoms with Crippen LogP contribution >= 0.6 is 0 Å². The van der Waals surface area contributed by atoms with Gasteiger partial charge in [-0.2, -0.15) is 0 Å². The number of carbonyl (C=O) groups is 1. The van der Waals surface area contributed by atoms with Gasteiger partial charge in [0.05, 0.1) is 13.0 Å². The Kier molecular flexibility index (Phi) is 4.63. The Bertz CT molecular complexity index is 217. The second-order valence-electron chi connectivity index (χ2n) is 3.78. The molecule has 0 heterocycles. The highest BCUT2D eigenvalue weighted by Crippen LogP contribution is 2.21. The van der Waals surface area contributed by atoms with Crippen molar-refractivity contribution < 1.29 is 9.53 Å². The smallest absolute Gasteiger partial charge is 0.311 e. The summed E-state index contributed by atoms with van der Waals surface area (Å²) in [4.78, 5) is 15.6. The van der Waals surface area contributed by atoms with E-state index in [1.807, 2.05) is 13.8 Å². The van der Waals surface area contributed by atoms with Gasteiger partial charge in [0.1, 0.15) is 0 Å². The molecule has 1 rings (SSSR count). The first-order valence-corrected chi connectivity index (χ1v) is 5.41. The van der Waals surface area contributed by atoms with Crippen LogP contribution in [0.1, 0.15) is 46.0 Å². The summed E-state index contributed by atoms with van der Waals surface area (Å²) in [5, 5.41) is 0. The van der Waals surface area contributed by atoms with Crippen LogP contribution in [0.25, 0.3) is 0 Å². The predicted molar refractivity (Wildman–Crippen MR) is 56.6 cm³/mol. The molecule has 0 bridgehead atoms. The van der Waals surface area contributed by atoms with Crippen LogP contribution in [0.3, 0.4) is 0 Å². The van der Waals surface area contributed by atoms with Crippen molar-refractivity contribution in [2.75, 3.05) is 6.61 Å². The minimum Gasteiger partial charge on any atom is -0.466 e. The third-order valence-corrected chi connectivity index (χ3v) is 2.43. The summed E-state index contributed by atoms with van der Waals surface area (Å²) in [6, 6.07) is 0.462. The zero-order valence-corrected chi connectivity index (χ0v) is 9.08. The number of rotatable bonds is 4. The zero-order chi connectivity index (χ0) is 10.4. The molecular formula is C11H19NO2. The Balaban J connectivity index is 2.32. The fourth-order valence-corrected chi connectivity index (χ4v) is 1.81. The third-order valence-electron chi connectivity index (χ3n) is 2.43. The second-order valence-corrected chi connectivity index (χ2v) is 3.78. The Hall–Kier alpha value is -0.860. The molecular weight excluding hydrogens is 178 g/mol. The first kappa shape index (κ1) is 11.2. The van der Waals surface area contributed by atoms with Crippen molar-refractivity contribution >= 4 is 11.7 Å². The van der Waals surface area contributed by atoms with Crippen molar-refractivity contribution in [2.45, 2.75) is 52.0 Å². The van der Waals surface area contributed by atoms with Gasteiger partial charge in [-0.1, -0.05) is 12.8 Å². The Labute approximate surface area is 85.6 Å². The Morgan fingerprint density at radius 2 is 2.07 bits per heavy atom. The Morgan fingerprint density at radius 3 is 2.64 bits per heavy atom. The lowest BCUT2D eigenvalue weighted by molar-refractivity contribution is -0.141. The molecule has 3 nitrogen and oxygen atoms in total. The van der Waals surface area contributed by atoms with E-state index in [2.05, 4.69) is 4.99 Å². The summed E-state index contributed by atoms with van der Waals surface area (Å²) in [6.45, 7) is 4.19. The predicted octanol–water partition coefficient (Wildman–Crippen LogP) is 2.34. The maximum atomic E-state index is 11.1. The zero-order valence-electron chi connectivity index (χ0n) is 9.08. The fraction of sp³-hybridized carbons (Fsp3) is 0.818. The molecule has 0 unspecified atom stereocenters. The quantitative estimate of drug-likeness (QED) is 0.512. The van der Waals surface area contributed by atoms with Crippen molar-refractivity contribution in [1.82, 2.24) is 0 Å². The van der Waals surface area contributed by atoms with E-state index in [4.69, 9.17) is 4.74 Å². The van der Waals surface area contributed by atoms with Crippen molar-refractivity contribution in [3.05, 3.63) is 0 Å². The SMILES string of the molecule is CCOC(=O)CC(C)=NC1CCCC1. The lowest BCUT2D eigenvalue weighted by Gasteiger charge is -2.05. The molecule has 1 aliphatic rings. The summed E-state index contributed by atoms with van der Waals surface area (Å²) in [5.74, 6) is -0.160. The lowest BCUT2D eigenvalue weighted by Crippen LogP contribution is -2.11. The van der Waals surface area contributed by atoms with Crippen LogP contribution < -0.4 is 0 Å². The molecule has 0 aliphatic heterocycles. The lowest BCUT2D eigenvalue weighted by atomic mass is 10.2. The van der Waals surface area contributed by atoms with E-state index in [1.165, 1.54) is 25.7 Å². The average molecular weight is 197 g/mol. The highest BCUT2D eigenvalue weighted by Gasteiger charge is 2.14. The van der Waals surface area contributed by atoms with Crippen molar-refractivity contribution in [2.24, 2.45) is 4.99 Å². The van der Waals surface area contributed by atoms with E-state index >= 15 is 0 Å². The van der Waals surface area contributed by atoms with Gasteiger partial charge in [-0.25, -0.2) is 0 Å². The molecule has 80 valence electrons. The van der Waals surface area contributed by atoms with Gasteiger partial charge >= 0.3 is 5.97 Å². The summed E-state index contributed by atoms with van der Waals surface area (Å²) in [5.41, 5.74) is 0.912. The molecule has 1 aliphatic carbocycles. The van der Waals surface area contributed by atoms with Crippen LogP contribution in [0, 0.1) is 0 Å². The van der Waals surface area contributed by atoms with E-state index in [-0.39, 0.29) is 5.97 Å². The molecule has 0 spiro atoms. The van der Waals surface area contributed by atoms with E-state index in [0.717, 1.165) is 5.71 Å². The highest BCUT2D eigenvalue weighted by atomic mass is 16.5. The summed E-state index contributed by atoms with van der Waals surface area (Å²) < 4.78 is 4.86. The molecule has 0 radical (unpaired) electrons. The molecule has 0 N–H and O–H groups in total. The number of esters is 1. The van der Waals surface area contributed by atoms with E-state index in [9.17, 15) is 4.79 Å². The number of hydrogen-bond donors (Lipinski definition) is 0. The van der Waals surface area contributed by atoms with Crippen LogP contribution in [-0.4, -0.2) is 24.3 Å². The van der Waals surface area contributed by atoms with Gasteiger partial charge in [-0.3, -0.25) is 9.79 Å². The molecule has 0 amide bonds. The fourth-order valence-electron chi connectivity index (χ4n) is 1.81. The molecule has 0 aromatic carbocycles. The number of hydrogen-bond acceptors (Lipinski definition) is 3. The normalized spacial score (nSPS) is 18.6. The number of nitrogens with zero attached hydrogens (tertiary/aromatic N) is 1. The summed E-state index contributed by atoms with van der Waals surface area (Å²) in [6.07, 6.45) is 5.27. The molecule has 1 saturated carbocycles. The summed E-state index contributed by atoms with van der Waals surface area (Å²) in [7, 11) is 0. The van der Waals surface area contributed by atoms with Crippen molar-refractivity contribution in [1.29, 1.82) is 0 Å². The van der Waals surface area contributed by atoms with Gasteiger partial charge < -0.3 is 4.74 Å². The van der Waals surface area contributed by atoms with Gasteiger partial charge in [0.2, 0.25) is 0 Å². The van der Waals surface area contributed by atoms with E-state index < -0.39 is 0 Å². The van der Waals surface area contributed by atoms with Crippen molar-refractivity contribution in [3.63, 3.8) is 0 Å². The van der Waals surface area contributed by atoms with Crippen molar-refractivity contribution in [3.8, 4) is 0 Å². The maximum absolute atomic E-state index is 11.1. The van der Waals surface area contributed by atoms with E-state index in [0.29, 0.717) is 19.1 Å². The minimum atomic E-state index is -0.160. The molecule has 0 aromatic rings. The maximum Gasteiger partial charge on any atom is 0.311 e. The first-order chi connectivity index (χ1) is 6.72. The van der Waals surface area contributed by atoms with Crippen LogP contribution in [-0.2, 0) is 9.53 Å². The minimum absolute atomic E-state index is 0.160. The van der Waals surface area contributed by atoms with Crippen LogP contribution in [0.4, 0.5) is 0 Å². The van der Waals surface area contributed by atoms with Gasteiger partial charge in [0, 0.05) is 11.8 Å². The second kappa shape index (κ2) is 5.78. The van der Waals surface area contributed by atoms with Gasteiger partial charge in [0.15, 0.2) is 0 Å². The van der Waals surface area contributed by atoms with Crippen LogP contribution in [0.2, 0.25) is 0 Å². The van der Waals surface area contributed by atoms with Gasteiger partial charge in [0.25, 0.3) is 0 Å². The molecule has 14 heavy (non-hydrogen) atoms. The first-order valence-electron chi connectivity index (χ1n) is 5.41. The number of aliphatic imine (C=N–C) groups is 1. The number of carbonyl (C=O) groups excluding carboxylic acids is 1.